The first-order chi connectivity index (χ1) is 16.4. The van der Waals surface area contributed by atoms with Gasteiger partial charge in [0.1, 0.15) is 17.3 Å². The molecule has 1 N–H and O–H groups in total. The fourth-order valence-corrected chi connectivity index (χ4v) is 5.42. The number of hydrogen-bond acceptors (Lipinski definition) is 5. The lowest BCUT2D eigenvalue weighted by Gasteiger charge is -2.48. The number of nitrogens with zero attached hydrogens (tertiary/aromatic N) is 4. The molecule has 2 aliphatic heterocycles. The molecular weight excluding hydrogens is 435 g/mol. The first-order valence-electron chi connectivity index (χ1n) is 11.6. The van der Waals surface area contributed by atoms with E-state index in [0.29, 0.717) is 36.5 Å². The highest BCUT2D eigenvalue weighted by Crippen LogP contribution is 2.45. The van der Waals surface area contributed by atoms with Gasteiger partial charge in [0.05, 0.1) is 12.1 Å². The second-order valence-electron chi connectivity index (χ2n) is 9.39. The van der Waals surface area contributed by atoms with Crippen molar-refractivity contribution in [1.29, 1.82) is 0 Å². The smallest absolute Gasteiger partial charge is 0.327 e. The Kier molecular flexibility index (Phi) is 5.87. The third-order valence-electron chi connectivity index (χ3n) is 7.07. The number of amides is 2. The molecule has 8 heteroatoms. The number of aliphatic hydroxyl groups excluding tert-OH is 1. The second-order valence-corrected chi connectivity index (χ2v) is 9.39. The first kappa shape index (κ1) is 22.6. The van der Waals surface area contributed by atoms with Gasteiger partial charge >= 0.3 is 6.03 Å². The van der Waals surface area contributed by atoms with Gasteiger partial charge in [0.25, 0.3) is 0 Å². The van der Waals surface area contributed by atoms with Gasteiger partial charge in [-0.25, -0.2) is 9.18 Å². The van der Waals surface area contributed by atoms with E-state index in [4.69, 9.17) is 4.52 Å². The molecule has 1 unspecified atom stereocenters. The van der Waals surface area contributed by atoms with E-state index in [0.717, 1.165) is 6.54 Å². The monoisotopic (exact) mass is 464 g/mol. The molecule has 2 aliphatic rings. The Morgan fingerprint density at radius 1 is 1.15 bits per heavy atom. The lowest BCUT2D eigenvalue weighted by molar-refractivity contribution is -0.0349. The summed E-state index contributed by atoms with van der Waals surface area (Å²) in [4.78, 5) is 19.1. The minimum absolute atomic E-state index is 0.0988. The van der Waals surface area contributed by atoms with E-state index >= 15 is 0 Å². The van der Waals surface area contributed by atoms with Crippen LogP contribution < -0.4 is 4.90 Å². The van der Waals surface area contributed by atoms with Crippen LogP contribution >= 0.6 is 0 Å². The van der Waals surface area contributed by atoms with Crippen molar-refractivity contribution in [3.8, 4) is 0 Å². The predicted molar refractivity (Wildman–Crippen MR) is 125 cm³/mol. The van der Waals surface area contributed by atoms with Gasteiger partial charge in [0.15, 0.2) is 6.23 Å². The van der Waals surface area contributed by atoms with Crippen LogP contribution in [0.3, 0.4) is 0 Å². The van der Waals surface area contributed by atoms with Crippen molar-refractivity contribution < 1.29 is 18.8 Å². The molecule has 178 valence electrons. The normalized spacial score (nSPS) is 25.5. The zero-order valence-electron chi connectivity index (χ0n) is 19.4. The summed E-state index contributed by atoms with van der Waals surface area (Å²) in [6.07, 6.45) is 0.0427. The maximum Gasteiger partial charge on any atom is 0.327 e. The Balaban J connectivity index is 1.47. The number of benzene rings is 2. The molecule has 1 spiro atoms. The standard InChI is InChI=1S/C26H29FN4O3/c1-18-15-26(11-12-29(18)16-20-7-4-3-5-8-20)24(32)30(17-22-13-19(2)34-28-22)25(33)31(26)23-10-6-9-21(27)14-23/h3-10,13-14,18,24,32H,11-12,15-17H2,1-2H3/t18-,24?,26+/m0/s1. The number of likely N-dealkylation sites (tertiary alicyclic amines) is 1. The molecular formula is C26H29FN4O3. The van der Waals surface area contributed by atoms with Crippen LogP contribution in [0.1, 0.15) is 36.8 Å². The van der Waals surface area contributed by atoms with Gasteiger partial charge in [-0.2, -0.15) is 0 Å². The number of carbonyl (C=O) groups excluding carboxylic acids is 1. The minimum atomic E-state index is -1.07. The van der Waals surface area contributed by atoms with Crippen LogP contribution in [0.25, 0.3) is 0 Å². The van der Waals surface area contributed by atoms with Crippen LogP contribution in [-0.4, -0.2) is 50.4 Å². The molecule has 2 saturated heterocycles. The molecule has 2 fully saturated rings. The van der Waals surface area contributed by atoms with Gasteiger partial charge in [0, 0.05) is 30.9 Å². The lowest BCUT2D eigenvalue weighted by Crippen LogP contribution is -2.60. The summed E-state index contributed by atoms with van der Waals surface area (Å²) in [7, 11) is 0. The summed E-state index contributed by atoms with van der Waals surface area (Å²) in [6, 6.07) is 17.8. The Morgan fingerprint density at radius 2 is 1.94 bits per heavy atom. The van der Waals surface area contributed by atoms with Crippen molar-refractivity contribution in [3.05, 3.63) is 83.5 Å². The third-order valence-corrected chi connectivity index (χ3v) is 7.07. The molecule has 2 amide bonds. The quantitative estimate of drug-likeness (QED) is 0.609. The molecule has 0 aliphatic carbocycles. The van der Waals surface area contributed by atoms with Gasteiger partial charge in [-0.15, -0.1) is 0 Å². The maximum absolute atomic E-state index is 14.2. The van der Waals surface area contributed by atoms with Crippen molar-refractivity contribution in [2.75, 3.05) is 11.4 Å². The summed E-state index contributed by atoms with van der Waals surface area (Å²) < 4.78 is 19.3. The zero-order valence-corrected chi connectivity index (χ0v) is 19.4. The van der Waals surface area contributed by atoms with Crippen LogP contribution in [0.2, 0.25) is 0 Å². The van der Waals surface area contributed by atoms with E-state index in [1.165, 1.54) is 22.6 Å². The highest BCUT2D eigenvalue weighted by atomic mass is 19.1. The van der Waals surface area contributed by atoms with Crippen LogP contribution in [0.4, 0.5) is 14.9 Å². The molecule has 3 heterocycles. The third kappa shape index (κ3) is 3.97. The van der Waals surface area contributed by atoms with Gasteiger partial charge < -0.3 is 9.63 Å². The molecule has 3 atom stereocenters. The van der Waals surface area contributed by atoms with Crippen molar-refractivity contribution in [3.63, 3.8) is 0 Å². The molecule has 5 rings (SSSR count). The van der Waals surface area contributed by atoms with Crippen LogP contribution in [0.15, 0.2) is 65.2 Å². The highest BCUT2D eigenvalue weighted by molar-refractivity contribution is 5.96. The second kappa shape index (κ2) is 8.85. The molecule has 34 heavy (non-hydrogen) atoms. The van der Waals surface area contributed by atoms with E-state index in [-0.39, 0.29) is 18.6 Å². The van der Waals surface area contributed by atoms with Crippen molar-refractivity contribution in [2.24, 2.45) is 0 Å². The average Bonchev–Trinajstić information content (AvgIpc) is 3.31. The molecule has 0 radical (unpaired) electrons. The number of carbonyl (C=O) groups is 1. The largest absolute Gasteiger partial charge is 0.371 e. The number of hydrogen-bond donors (Lipinski definition) is 1. The highest BCUT2D eigenvalue weighted by Gasteiger charge is 2.59. The summed E-state index contributed by atoms with van der Waals surface area (Å²) >= 11 is 0. The summed E-state index contributed by atoms with van der Waals surface area (Å²) in [6.45, 7) is 5.51. The molecule has 3 aromatic rings. The van der Waals surface area contributed by atoms with Crippen molar-refractivity contribution in [1.82, 2.24) is 15.0 Å². The Bertz CT molecular complexity index is 1170. The molecule has 2 aromatic carbocycles. The van der Waals surface area contributed by atoms with Gasteiger partial charge in [0.2, 0.25) is 0 Å². The molecule has 0 saturated carbocycles. The fraction of sp³-hybridized carbons (Fsp3) is 0.385. The summed E-state index contributed by atoms with van der Waals surface area (Å²) in [5, 5.41) is 15.6. The molecule has 1 aromatic heterocycles. The van der Waals surface area contributed by atoms with E-state index in [1.807, 2.05) is 18.2 Å². The molecule has 0 bridgehead atoms. The zero-order chi connectivity index (χ0) is 23.9. The fourth-order valence-electron chi connectivity index (χ4n) is 5.42. The lowest BCUT2D eigenvalue weighted by atomic mass is 9.80. The van der Waals surface area contributed by atoms with Crippen molar-refractivity contribution in [2.45, 2.75) is 57.6 Å². The van der Waals surface area contributed by atoms with E-state index in [9.17, 15) is 14.3 Å². The van der Waals surface area contributed by atoms with Crippen molar-refractivity contribution >= 4 is 11.7 Å². The average molecular weight is 465 g/mol. The Morgan fingerprint density at radius 3 is 2.62 bits per heavy atom. The van der Waals surface area contributed by atoms with Gasteiger partial charge in [-0.3, -0.25) is 14.7 Å². The van der Waals surface area contributed by atoms with Gasteiger partial charge in [-0.05, 0) is 50.5 Å². The first-order valence-corrected chi connectivity index (χ1v) is 11.6. The number of piperidine rings is 1. The number of aliphatic hydroxyl groups is 1. The van der Waals surface area contributed by atoms with Gasteiger partial charge in [-0.1, -0.05) is 41.6 Å². The SMILES string of the molecule is Cc1cc(CN2C(=O)N(c3cccc(F)c3)[C@@]3(CCN(Cc4ccccc4)[C@@H](C)C3)C2O)no1. The number of rotatable bonds is 5. The Hall–Kier alpha value is -3.23. The maximum atomic E-state index is 14.2. The summed E-state index contributed by atoms with van der Waals surface area (Å²) in [5.74, 6) is 0.214. The number of urea groups is 1. The van der Waals surface area contributed by atoms with E-state index in [2.05, 4.69) is 29.1 Å². The predicted octanol–water partition coefficient (Wildman–Crippen LogP) is 4.31. The number of halogens is 1. The molecule has 7 nitrogen and oxygen atoms in total. The topological polar surface area (TPSA) is 73.1 Å². The van der Waals surface area contributed by atoms with E-state index in [1.54, 1.807) is 30.0 Å². The minimum Gasteiger partial charge on any atom is -0.371 e. The van der Waals surface area contributed by atoms with Crippen LogP contribution in [0, 0.1) is 12.7 Å². The van der Waals surface area contributed by atoms with Crippen LogP contribution in [0.5, 0.6) is 0 Å². The number of anilines is 1. The van der Waals surface area contributed by atoms with Crippen LogP contribution in [-0.2, 0) is 13.1 Å². The van der Waals surface area contributed by atoms with E-state index < -0.39 is 17.6 Å². The number of aromatic nitrogens is 1. The number of aryl methyl sites for hydroxylation is 1. The Labute approximate surface area is 198 Å². The summed E-state index contributed by atoms with van der Waals surface area (Å²) in [5.41, 5.74) is 1.36.